The molecule has 0 radical (unpaired) electrons. The van der Waals surface area contributed by atoms with Crippen LogP contribution in [-0.4, -0.2) is 44.7 Å². The molecule has 1 N–H and O–H groups in total. The molecular formula is C29H24N2O7. The number of carbonyl (C=O) groups is 2. The fourth-order valence-electron chi connectivity index (χ4n) is 6.07. The van der Waals surface area contributed by atoms with Gasteiger partial charge in [0.1, 0.15) is 19.1 Å². The molecule has 0 saturated carbocycles. The molecule has 0 bridgehead atoms. The van der Waals surface area contributed by atoms with Crippen molar-refractivity contribution in [3.05, 3.63) is 89.6 Å². The van der Waals surface area contributed by atoms with Crippen LogP contribution in [0, 0.1) is 5.92 Å². The third-order valence-corrected chi connectivity index (χ3v) is 7.58. The topological polar surface area (TPSA) is 95.6 Å². The number of methoxy groups -OCH3 is 1. The Labute approximate surface area is 218 Å². The van der Waals surface area contributed by atoms with Crippen LogP contribution >= 0.6 is 0 Å². The molecule has 4 heterocycles. The van der Waals surface area contributed by atoms with Gasteiger partial charge in [0.05, 0.1) is 18.4 Å². The molecule has 9 nitrogen and oxygen atoms in total. The second-order valence-electron chi connectivity index (χ2n) is 9.54. The standard InChI is InChI=1S/C29H24N2O7/c1-34-21-12-17(13-22-26(21)38-16-37-22)23-24-20(14-35-27(24)32)31(19-10-6-3-7-11-19)29(15-36-28(33)25(23)29)30-18-8-4-2-5-9-18/h2-13,23,25,30H,14-16H2,1H3/t23-,25+,29+/m1/s1. The average Bonchev–Trinajstić information content (AvgIpc) is 3.66. The molecule has 0 spiro atoms. The van der Waals surface area contributed by atoms with E-state index in [9.17, 15) is 9.59 Å². The number of anilines is 2. The lowest BCUT2D eigenvalue weighted by molar-refractivity contribution is -0.141. The number of para-hydroxylation sites is 2. The molecule has 192 valence electrons. The maximum Gasteiger partial charge on any atom is 0.336 e. The van der Waals surface area contributed by atoms with Crippen molar-refractivity contribution >= 4 is 23.3 Å². The molecule has 3 atom stereocenters. The van der Waals surface area contributed by atoms with Crippen molar-refractivity contribution in [3.63, 3.8) is 0 Å². The van der Waals surface area contributed by atoms with Crippen molar-refractivity contribution in [1.82, 2.24) is 0 Å². The van der Waals surface area contributed by atoms with Crippen LogP contribution < -0.4 is 24.4 Å². The smallest absolute Gasteiger partial charge is 0.336 e. The van der Waals surface area contributed by atoms with E-state index in [2.05, 4.69) is 5.32 Å². The summed E-state index contributed by atoms with van der Waals surface area (Å²) >= 11 is 0. The van der Waals surface area contributed by atoms with Gasteiger partial charge in [-0.15, -0.1) is 0 Å². The summed E-state index contributed by atoms with van der Waals surface area (Å²) in [6, 6.07) is 22.9. The summed E-state index contributed by atoms with van der Waals surface area (Å²) in [5, 5.41) is 3.64. The Bertz CT molecular complexity index is 1470. The summed E-state index contributed by atoms with van der Waals surface area (Å²) in [4.78, 5) is 29.1. The van der Waals surface area contributed by atoms with Crippen LogP contribution in [0.3, 0.4) is 0 Å². The molecule has 4 aliphatic heterocycles. The van der Waals surface area contributed by atoms with Gasteiger partial charge >= 0.3 is 11.9 Å². The van der Waals surface area contributed by atoms with Crippen LogP contribution in [0.4, 0.5) is 11.4 Å². The minimum atomic E-state index is -1.05. The van der Waals surface area contributed by atoms with Crippen molar-refractivity contribution in [3.8, 4) is 17.2 Å². The molecule has 9 heteroatoms. The van der Waals surface area contributed by atoms with Crippen molar-refractivity contribution in [1.29, 1.82) is 0 Å². The quantitative estimate of drug-likeness (QED) is 0.512. The lowest BCUT2D eigenvalue weighted by Crippen LogP contribution is -2.64. The van der Waals surface area contributed by atoms with E-state index in [0.717, 1.165) is 11.4 Å². The van der Waals surface area contributed by atoms with Gasteiger partial charge in [-0.2, -0.15) is 0 Å². The number of hydrogen-bond donors (Lipinski definition) is 1. The lowest BCUT2D eigenvalue weighted by atomic mass is 9.70. The van der Waals surface area contributed by atoms with Crippen LogP contribution in [0.2, 0.25) is 0 Å². The van der Waals surface area contributed by atoms with Crippen molar-refractivity contribution in [2.24, 2.45) is 5.92 Å². The molecule has 1 saturated heterocycles. The van der Waals surface area contributed by atoms with E-state index in [1.807, 2.05) is 71.6 Å². The second-order valence-corrected chi connectivity index (χ2v) is 9.54. The summed E-state index contributed by atoms with van der Waals surface area (Å²) in [6.45, 7) is 0.187. The molecule has 0 aliphatic carbocycles. The molecule has 3 aromatic rings. The van der Waals surface area contributed by atoms with Crippen molar-refractivity contribution in [2.45, 2.75) is 11.6 Å². The zero-order valence-electron chi connectivity index (χ0n) is 20.5. The first-order chi connectivity index (χ1) is 18.6. The van der Waals surface area contributed by atoms with E-state index in [1.54, 1.807) is 13.2 Å². The fraction of sp³-hybridized carbons (Fsp3) is 0.241. The lowest BCUT2D eigenvalue weighted by Gasteiger charge is -2.50. The van der Waals surface area contributed by atoms with Gasteiger partial charge in [0.25, 0.3) is 0 Å². The number of nitrogens with zero attached hydrogens (tertiary/aromatic N) is 1. The van der Waals surface area contributed by atoms with E-state index in [1.165, 1.54) is 0 Å². The van der Waals surface area contributed by atoms with E-state index in [0.29, 0.717) is 34.1 Å². The second kappa shape index (κ2) is 8.44. The molecular weight excluding hydrogens is 488 g/mol. The van der Waals surface area contributed by atoms with Crippen LogP contribution in [0.15, 0.2) is 84.1 Å². The van der Waals surface area contributed by atoms with Crippen LogP contribution in [0.25, 0.3) is 0 Å². The van der Waals surface area contributed by atoms with Gasteiger partial charge in [-0.1, -0.05) is 36.4 Å². The molecule has 4 aliphatic rings. The van der Waals surface area contributed by atoms with Gasteiger partial charge in [-0.3, -0.25) is 4.79 Å². The number of nitrogens with one attached hydrogen (secondary N) is 1. The Kier molecular flexibility index (Phi) is 5.01. The number of benzene rings is 3. The predicted molar refractivity (Wildman–Crippen MR) is 136 cm³/mol. The minimum Gasteiger partial charge on any atom is -0.493 e. The highest BCUT2D eigenvalue weighted by molar-refractivity contribution is 5.99. The Balaban J connectivity index is 1.50. The Hall–Kier alpha value is -4.66. The van der Waals surface area contributed by atoms with Gasteiger partial charge in [-0.05, 0) is 42.0 Å². The summed E-state index contributed by atoms with van der Waals surface area (Å²) in [5.41, 5.74) is 2.35. The predicted octanol–water partition coefficient (Wildman–Crippen LogP) is 3.82. The van der Waals surface area contributed by atoms with Crippen LogP contribution in [0.5, 0.6) is 17.2 Å². The number of ether oxygens (including phenoxy) is 5. The highest BCUT2D eigenvalue weighted by Crippen LogP contribution is 2.56. The van der Waals surface area contributed by atoms with Crippen LogP contribution in [0.1, 0.15) is 11.5 Å². The molecule has 3 aromatic carbocycles. The first-order valence-corrected chi connectivity index (χ1v) is 12.3. The van der Waals surface area contributed by atoms with Gasteiger partial charge < -0.3 is 33.9 Å². The minimum absolute atomic E-state index is 0.0581. The van der Waals surface area contributed by atoms with Crippen molar-refractivity contribution < 1.29 is 33.3 Å². The van der Waals surface area contributed by atoms with Gasteiger partial charge in [0, 0.05) is 17.3 Å². The van der Waals surface area contributed by atoms with Crippen LogP contribution in [-0.2, 0) is 19.1 Å². The largest absolute Gasteiger partial charge is 0.493 e. The number of hydrogen-bond acceptors (Lipinski definition) is 9. The number of fused-ring (bicyclic) bond motifs is 2. The monoisotopic (exact) mass is 512 g/mol. The van der Waals surface area contributed by atoms with Gasteiger partial charge in [0.2, 0.25) is 12.5 Å². The SMILES string of the molecule is COc1cc([C@@H]2C3=C(COC3=O)N(c3ccccc3)[C@@]3(Nc4ccccc4)COC(=O)[C@H]23)cc2c1OCO2. The first-order valence-electron chi connectivity index (χ1n) is 12.3. The van der Waals surface area contributed by atoms with Gasteiger partial charge in [0.15, 0.2) is 17.2 Å². The summed E-state index contributed by atoms with van der Waals surface area (Å²) in [6.07, 6.45) is 0. The van der Waals surface area contributed by atoms with Crippen molar-refractivity contribution in [2.75, 3.05) is 37.3 Å². The van der Waals surface area contributed by atoms with E-state index in [4.69, 9.17) is 23.7 Å². The van der Waals surface area contributed by atoms with Gasteiger partial charge in [-0.25, -0.2) is 4.79 Å². The third-order valence-electron chi connectivity index (χ3n) is 7.58. The molecule has 0 aromatic heterocycles. The van der Waals surface area contributed by atoms with E-state index >= 15 is 0 Å². The Morgan fingerprint density at radius 3 is 2.47 bits per heavy atom. The normalized spacial score (nSPS) is 25.0. The Morgan fingerprint density at radius 1 is 0.947 bits per heavy atom. The number of cyclic esters (lactones) is 2. The number of esters is 2. The molecule has 0 unspecified atom stereocenters. The average molecular weight is 513 g/mol. The maximum absolute atomic E-state index is 13.7. The number of rotatable bonds is 5. The zero-order valence-corrected chi connectivity index (χ0v) is 20.5. The third kappa shape index (κ3) is 3.17. The highest BCUT2D eigenvalue weighted by atomic mass is 16.7. The van der Waals surface area contributed by atoms with E-state index < -0.39 is 29.4 Å². The zero-order chi connectivity index (χ0) is 25.9. The molecule has 7 rings (SSSR count). The number of carbonyl (C=O) groups excluding carboxylic acids is 2. The molecule has 1 fully saturated rings. The summed E-state index contributed by atoms with van der Waals surface area (Å²) < 4.78 is 28.3. The first kappa shape index (κ1) is 22.5. The molecule has 0 amide bonds. The maximum atomic E-state index is 13.7. The summed E-state index contributed by atoms with van der Waals surface area (Å²) in [5.74, 6) is -0.929. The highest BCUT2D eigenvalue weighted by Gasteiger charge is 2.65. The fourth-order valence-corrected chi connectivity index (χ4v) is 6.07. The Morgan fingerprint density at radius 2 is 1.71 bits per heavy atom. The van der Waals surface area contributed by atoms with E-state index in [-0.39, 0.29) is 20.0 Å². The summed E-state index contributed by atoms with van der Waals surface area (Å²) in [7, 11) is 1.54. The molecule has 38 heavy (non-hydrogen) atoms.